The van der Waals surface area contributed by atoms with Gasteiger partial charge in [-0.2, -0.15) is 0 Å². The summed E-state index contributed by atoms with van der Waals surface area (Å²) >= 11 is 11.8. The second kappa shape index (κ2) is 7.06. The lowest BCUT2D eigenvalue weighted by Gasteiger charge is -2.08. The molecule has 1 aromatic heterocycles. The lowest BCUT2D eigenvalue weighted by molar-refractivity contribution is 0.102. The molecule has 0 aliphatic rings. The molecule has 0 saturated carbocycles. The molecule has 7 heteroatoms. The summed E-state index contributed by atoms with van der Waals surface area (Å²) in [6, 6.07) is 6.33. The van der Waals surface area contributed by atoms with E-state index in [1.165, 1.54) is 12.3 Å². The number of carbonyl (C=O) groups excluding carboxylic acids is 1. The van der Waals surface area contributed by atoms with E-state index in [4.69, 9.17) is 23.2 Å². The van der Waals surface area contributed by atoms with E-state index in [0.29, 0.717) is 28.2 Å². The van der Waals surface area contributed by atoms with E-state index in [1.807, 2.05) is 0 Å². The summed E-state index contributed by atoms with van der Waals surface area (Å²) in [5, 5.41) is 6.43. The highest BCUT2D eigenvalue weighted by atomic mass is 35.5. The first-order chi connectivity index (χ1) is 10.1. The molecule has 0 aliphatic heterocycles. The number of aromatic nitrogens is 2. The topological polar surface area (TPSA) is 66.9 Å². The Balaban J connectivity index is 2.14. The summed E-state index contributed by atoms with van der Waals surface area (Å²) in [6.45, 7) is 4.09. The SMILES string of the molecule is C=CCNc1nccc(C(=O)Nc2ccc(Cl)cc2Cl)n1. The van der Waals surface area contributed by atoms with Gasteiger partial charge in [-0.1, -0.05) is 29.3 Å². The molecular formula is C14H12Cl2N4O. The van der Waals surface area contributed by atoms with Gasteiger partial charge >= 0.3 is 0 Å². The van der Waals surface area contributed by atoms with Crippen LogP contribution in [0, 0.1) is 0 Å². The van der Waals surface area contributed by atoms with Crippen molar-refractivity contribution in [1.29, 1.82) is 0 Å². The summed E-state index contributed by atoms with van der Waals surface area (Å²) in [6.07, 6.45) is 3.17. The Kier molecular flexibility index (Phi) is 5.14. The molecule has 0 bridgehead atoms. The number of carbonyl (C=O) groups is 1. The Labute approximate surface area is 132 Å². The van der Waals surface area contributed by atoms with Gasteiger partial charge in [-0.15, -0.1) is 6.58 Å². The molecular weight excluding hydrogens is 311 g/mol. The molecule has 0 saturated heterocycles. The van der Waals surface area contributed by atoms with Gasteiger partial charge < -0.3 is 10.6 Å². The normalized spacial score (nSPS) is 10.0. The summed E-state index contributed by atoms with van der Waals surface area (Å²) in [4.78, 5) is 20.2. The van der Waals surface area contributed by atoms with Crippen LogP contribution in [0.1, 0.15) is 10.5 Å². The molecule has 0 fully saturated rings. The number of hydrogen-bond acceptors (Lipinski definition) is 4. The predicted octanol–water partition coefficient (Wildman–Crippen LogP) is 3.63. The van der Waals surface area contributed by atoms with E-state index in [9.17, 15) is 4.79 Å². The first-order valence-corrected chi connectivity index (χ1v) is 6.80. The Bertz CT molecular complexity index is 676. The fourth-order valence-corrected chi connectivity index (χ4v) is 1.97. The van der Waals surface area contributed by atoms with Crippen LogP contribution in [0.15, 0.2) is 43.1 Å². The number of anilines is 2. The van der Waals surface area contributed by atoms with Gasteiger partial charge in [-0.3, -0.25) is 4.79 Å². The van der Waals surface area contributed by atoms with E-state index >= 15 is 0 Å². The van der Waals surface area contributed by atoms with Gasteiger partial charge in [-0.05, 0) is 24.3 Å². The maximum Gasteiger partial charge on any atom is 0.274 e. The van der Waals surface area contributed by atoms with Crippen LogP contribution in [0.3, 0.4) is 0 Å². The van der Waals surface area contributed by atoms with Crippen molar-refractivity contribution in [3.05, 3.63) is 58.9 Å². The average Bonchev–Trinajstić information content (AvgIpc) is 2.48. The van der Waals surface area contributed by atoms with Crippen LogP contribution in [-0.4, -0.2) is 22.4 Å². The van der Waals surface area contributed by atoms with Crippen molar-refractivity contribution in [2.24, 2.45) is 0 Å². The summed E-state index contributed by atoms with van der Waals surface area (Å²) in [5.41, 5.74) is 0.688. The van der Waals surface area contributed by atoms with Crippen molar-refractivity contribution in [3.8, 4) is 0 Å². The largest absolute Gasteiger partial charge is 0.351 e. The van der Waals surface area contributed by atoms with Crippen molar-refractivity contribution in [2.75, 3.05) is 17.2 Å². The van der Waals surface area contributed by atoms with Gasteiger partial charge in [0.05, 0.1) is 10.7 Å². The van der Waals surface area contributed by atoms with Crippen LogP contribution in [0.25, 0.3) is 0 Å². The van der Waals surface area contributed by atoms with Crippen LogP contribution in [0.4, 0.5) is 11.6 Å². The quantitative estimate of drug-likeness (QED) is 0.825. The van der Waals surface area contributed by atoms with E-state index < -0.39 is 0 Å². The number of rotatable bonds is 5. The van der Waals surface area contributed by atoms with Gasteiger partial charge in [0.2, 0.25) is 5.95 Å². The second-order valence-electron chi connectivity index (χ2n) is 4.01. The number of nitrogens with one attached hydrogen (secondary N) is 2. The average molecular weight is 323 g/mol. The fraction of sp³-hybridized carbons (Fsp3) is 0.0714. The standard InChI is InChI=1S/C14H12Cl2N4O/c1-2-6-17-14-18-7-5-12(20-14)13(21)19-11-4-3-9(15)8-10(11)16/h2-5,7-8H,1,6H2,(H,19,21)(H,17,18,20). The third-order valence-electron chi connectivity index (χ3n) is 2.47. The fourth-order valence-electron chi connectivity index (χ4n) is 1.51. The Morgan fingerprint density at radius 2 is 2.14 bits per heavy atom. The monoisotopic (exact) mass is 322 g/mol. The summed E-state index contributed by atoms with van der Waals surface area (Å²) < 4.78 is 0. The van der Waals surface area contributed by atoms with Crippen LogP contribution in [-0.2, 0) is 0 Å². The molecule has 0 spiro atoms. The van der Waals surface area contributed by atoms with Crippen LogP contribution in [0.5, 0.6) is 0 Å². The predicted molar refractivity (Wildman–Crippen MR) is 85.1 cm³/mol. The van der Waals surface area contributed by atoms with Crippen LogP contribution >= 0.6 is 23.2 Å². The van der Waals surface area contributed by atoms with E-state index in [-0.39, 0.29) is 11.6 Å². The van der Waals surface area contributed by atoms with Crippen molar-refractivity contribution in [1.82, 2.24) is 9.97 Å². The molecule has 1 amide bonds. The molecule has 2 aromatic rings. The number of amides is 1. The van der Waals surface area contributed by atoms with Gasteiger partial charge in [0, 0.05) is 17.8 Å². The lowest BCUT2D eigenvalue weighted by Crippen LogP contribution is -2.15. The number of hydrogen-bond donors (Lipinski definition) is 2. The molecule has 5 nitrogen and oxygen atoms in total. The van der Waals surface area contributed by atoms with Gasteiger partial charge in [0.15, 0.2) is 0 Å². The summed E-state index contributed by atoms with van der Waals surface area (Å²) in [5.74, 6) is -0.0342. The van der Waals surface area contributed by atoms with Crippen molar-refractivity contribution >= 4 is 40.7 Å². The maximum absolute atomic E-state index is 12.1. The molecule has 108 valence electrons. The third-order valence-corrected chi connectivity index (χ3v) is 3.02. The molecule has 1 heterocycles. The molecule has 0 unspecified atom stereocenters. The van der Waals surface area contributed by atoms with Crippen molar-refractivity contribution in [3.63, 3.8) is 0 Å². The van der Waals surface area contributed by atoms with Crippen molar-refractivity contribution < 1.29 is 4.79 Å². The Hall–Kier alpha value is -2.11. The van der Waals surface area contributed by atoms with Crippen molar-refractivity contribution in [2.45, 2.75) is 0 Å². The highest BCUT2D eigenvalue weighted by Gasteiger charge is 2.11. The first kappa shape index (κ1) is 15.3. The second-order valence-corrected chi connectivity index (χ2v) is 4.86. The third kappa shape index (κ3) is 4.18. The number of halogens is 2. The minimum Gasteiger partial charge on any atom is -0.351 e. The zero-order valence-electron chi connectivity index (χ0n) is 10.9. The highest BCUT2D eigenvalue weighted by molar-refractivity contribution is 6.36. The minimum atomic E-state index is -0.386. The smallest absolute Gasteiger partial charge is 0.274 e. The maximum atomic E-state index is 12.1. The van der Waals surface area contributed by atoms with Gasteiger partial charge in [-0.25, -0.2) is 9.97 Å². The van der Waals surface area contributed by atoms with Crippen LogP contribution in [0.2, 0.25) is 10.0 Å². The Morgan fingerprint density at radius 3 is 2.86 bits per heavy atom. The molecule has 0 aliphatic carbocycles. The minimum absolute atomic E-state index is 0.225. The van der Waals surface area contributed by atoms with Crippen LogP contribution < -0.4 is 10.6 Å². The number of nitrogens with zero attached hydrogens (tertiary/aromatic N) is 2. The molecule has 2 rings (SSSR count). The molecule has 2 N–H and O–H groups in total. The molecule has 1 aromatic carbocycles. The zero-order chi connectivity index (χ0) is 15.2. The summed E-state index contributed by atoms with van der Waals surface area (Å²) in [7, 11) is 0. The Morgan fingerprint density at radius 1 is 1.33 bits per heavy atom. The van der Waals surface area contributed by atoms with E-state index in [2.05, 4.69) is 27.2 Å². The zero-order valence-corrected chi connectivity index (χ0v) is 12.4. The first-order valence-electron chi connectivity index (χ1n) is 6.04. The lowest BCUT2D eigenvalue weighted by atomic mass is 10.3. The van der Waals surface area contributed by atoms with Gasteiger partial charge in [0.1, 0.15) is 5.69 Å². The van der Waals surface area contributed by atoms with Gasteiger partial charge in [0.25, 0.3) is 5.91 Å². The molecule has 0 radical (unpaired) electrons. The highest BCUT2D eigenvalue weighted by Crippen LogP contribution is 2.25. The van der Waals surface area contributed by atoms with E-state index in [0.717, 1.165) is 0 Å². The molecule has 21 heavy (non-hydrogen) atoms. The van der Waals surface area contributed by atoms with E-state index in [1.54, 1.807) is 24.3 Å². The number of benzene rings is 1. The molecule has 0 atom stereocenters.